The van der Waals surface area contributed by atoms with E-state index < -0.39 is 17.9 Å². The molecule has 1 N–H and O–H groups in total. The number of ether oxygens (including phenoxy) is 2. The van der Waals surface area contributed by atoms with Gasteiger partial charge in [0.15, 0.2) is 0 Å². The van der Waals surface area contributed by atoms with Gasteiger partial charge in [0.2, 0.25) is 5.76 Å². The molecule has 2 atom stereocenters. The molecule has 0 spiro atoms. The Morgan fingerprint density at radius 2 is 2.22 bits per heavy atom. The molecule has 0 saturated carbocycles. The number of nitrogens with zero attached hydrogens (tertiary/aromatic N) is 1. The van der Waals surface area contributed by atoms with Crippen LogP contribution in [0.25, 0.3) is 0 Å². The maximum atomic E-state index is 12.2. The lowest BCUT2D eigenvalue weighted by atomic mass is 9.90. The predicted octanol–water partition coefficient (Wildman–Crippen LogP) is 0.586. The number of carbonyl (C=O) groups excluding carboxylic acids is 1. The first-order valence-electron chi connectivity index (χ1n) is 6.09. The van der Waals surface area contributed by atoms with E-state index in [1.54, 1.807) is 0 Å². The van der Waals surface area contributed by atoms with Crippen molar-refractivity contribution in [1.29, 1.82) is 0 Å². The Bertz CT molecular complexity index is 379. The van der Waals surface area contributed by atoms with Gasteiger partial charge in [-0.1, -0.05) is 6.92 Å². The number of hydrogen-bond donors (Lipinski definition) is 1. The van der Waals surface area contributed by atoms with Crippen LogP contribution in [0.4, 0.5) is 0 Å². The number of rotatable bonds is 2. The van der Waals surface area contributed by atoms with Gasteiger partial charge in [-0.2, -0.15) is 0 Å². The summed E-state index contributed by atoms with van der Waals surface area (Å²) in [5, 5.41) is 9.24. The van der Waals surface area contributed by atoms with Gasteiger partial charge < -0.3 is 19.5 Å². The standard InChI is InChI=1S/C12H17NO5/c1-8-3-2-4-13(10(8)12(15)16)11(14)9-7-17-5-6-18-9/h7-8,10H,2-6H2,1H3,(H,15,16). The zero-order valence-corrected chi connectivity index (χ0v) is 10.3. The Morgan fingerprint density at radius 3 is 2.83 bits per heavy atom. The highest BCUT2D eigenvalue weighted by molar-refractivity contribution is 5.94. The molecule has 1 amide bonds. The lowest BCUT2D eigenvalue weighted by molar-refractivity contribution is -0.154. The molecule has 0 aromatic carbocycles. The van der Waals surface area contributed by atoms with Crippen molar-refractivity contribution in [2.45, 2.75) is 25.8 Å². The van der Waals surface area contributed by atoms with Crippen molar-refractivity contribution in [1.82, 2.24) is 4.90 Å². The molecule has 1 saturated heterocycles. The van der Waals surface area contributed by atoms with Crippen molar-refractivity contribution in [2.24, 2.45) is 5.92 Å². The fourth-order valence-electron chi connectivity index (χ4n) is 2.41. The Labute approximate surface area is 105 Å². The van der Waals surface area contributed by atoms with Gasteiger partial charge in [-0.15, -0.1) is 0 Å². The molecule has 2 rings (SSSR count). The summed E-state index contributed by atoms with van der Waals surface area (Å²) in [6, 6.07) is -0.780. The zero-order valence-electron chi connectivity index (χ0n) is 10.3. The number of likely N-dealkylation sites (tertiary alicyclic amines) is 1. The van der Waals surface area contributed by atoms with Crippen LogP contribution in [0.3, 0.4) is 0 Å². The van der Waals surface area contributed by atoms with E-state index in [2.05, 4.69) is 0 Å². The molecule has 2 heterocycles. The zero-order chi connectivity index (χ0) is 13.1. The third-order valence-corrected chi connectivity index (χ3v) is 3.31. The second-order valence-electron chi connectivity index (χ2n) is 4.60. The molecule has 0 bridgehead atoms. The van der Waals surface area contributed by atoms with Crippen molar-refractivity contribution in [2.75, 3.05) is 19.8 Å². The molecule has 2 unspecified atom stereocenters. The molecule has 2 aliphatic heterocycles. The van der Waals surface area contributed by atoms with Gasteiger partial charge in [0.1, 0.15) is 25.5 Å². The van der Waals surface area contributed by atoms with Gasteiger partial charge >= 0.3 is 5.97 Å². The number of hydrogen-bond acceptors (Lipinski definition) is 4. The average molecular weight is 255 g/mol. The van der Waals surface area contributed by atoms with Crippen LogP contribution >= 0.6 is 0 Å². The van der Waals surface area contributed by atoms with Gasteiger partial charge in [-0.3, -0.25) is 4.79 Å². The number of amides is 1. The lowest BCUT2D eigenvalue weighted by Crippen LogP contribution is -2.52. The van der Waals surface area contributed by atoms with Gasteiger partial charge in [-0.25, -0.2) is 4.79 Å². The molecule has 0 aromatic heterocycles. The molecule has 18 heavy (non-hydrogen) atoms. The fourth-order valence-corrected chi connectivity index (χ4v) is 2.41. The molecule has 100 valence electrons. The van der Waals surface area contributed by atoms with Crippen molar-refractivity contribution in [3.8, 4) is 0 Å². The van der Waals surface area contributed by atoms with E-state index in [0.29, 0.717) is 19.8 Å². The third kappa shape index (κ3) is 2.42. The molecule has 0 aliphatic carbocycles. The Kier molecular flexibility index (Phi) is 3.74. The van der Waals surface area contributed by atoms with Crippen molar-refractivity contribution in [3.05, 3.63) is 12.0 Å². The maximum Gasteiger partial charge on any atom is 0.326 e. The normalized spacial score (nSPS) is 27.8. The van der Waals surface area contributed by atoms with Crippen LogP contribution in [0.5, 0.6) is 0 Å². The van der Waals surface area contributed by atoms with Crippen LogP contribution in [-0.2, 0) is 19.1 Å². The largest absolute Gasteiger partial charge is 0.494 e. The summed E-state index contributed by atoms with van der Waals surface area (Å²) >= 11 is 0. The Hall–Kier alpha value is -1.72. The molecule has 1 fully saturated rings. The summed E-state index contributed by atoms with van der Waals surface area (Å²) in [6.07, 6.45) is 2.89. The van der Waals surface area contributed by atoms with Crippen LogP contribution in [-0.4, -0.2) is 47.7 Å². The maximum absolute atomic E-state index is 12.2. The molecule has 6 heteroatoms. The first-order chi connectivity index (χ1) is 8.61. The average Bonchev–Trinajstić information content (AvgIpc) is 2.38. The topological polar surface area (TPSA) is 76.1 Å². The first-order valence-corrected chi connectivity index (χ1v) is 6.09. The summed E-state index contributed by atoms with van der Waals surface area (Å²) < 4.78 is 10.2. The van der Waals surface area contributed by atoms with Gasteiger partial charge in [-0.05, 0) is 18.8 Å². The number of carbonyl (C=O) groups is 2. The Balaban J connectivity index is 2.16. The van der Waals surface area contributed by atoms with Crippen LogP contribution < -0.4 is 0 Å². The number of aliphatic carboxylic acids is 1. The quantitative estimate of drug-likeness (QED) is 0.781. The second-order valence-corrected chi connectivity index (χ2v) is 4.60. The lowest BCUT2D eigenvalue weighted by Gasteiger charge is -2.37. The van der Waals surface area contributed by atoms with Crippen molar-refractivity contribution >= 4 is 11.9 Å². The SMILES string of the molecule is CC1CCCN(C(=O)C2=COCCO2)C1C(=O)O. The molecule has 0 radical (unpaired) electrons. The van der Waals surface area contributed by atoms with E-state index >= 15 is 0 Å². The first kappa shape index (κ1) is 12.7. The number of carboxylic acids is 1. The van der Waals surface area contributed by atoms with Gasteiger partial charge in [0, 0.05) is 6.54 Å². The van der Waals surface area contributed by atoms with E-state index in [4.69, 9.17) is 9.47 Å². The molecule has 0 aromatic rings. The highest BCUT2D eigenvalue weighted by Gasteiger charge is 2.38. The summed E-state index contributed by atoms with van der Waals surface area (Å²) in [4.78, 5) is 24.9. The van der Waals surface area contributed by atoms with Crippen molar-refractivity contribution in [3.63, 3.8) is 0 Å². The number of piperidine rings is 1. The Morgan fingerprint density at radius 1 is 1.44 bits per heavy atom. The summed E-state index contributed by atoms with van der Waals surface area (Å²) in [7, 11) is 0. The monoisotopic (exact) mass is 255 g/mol. The van der Waals surface area contributed by atoms with E-state index in [-0.39, 0.29) is 11.7 Å². The molecular weight excluding hydrogens is 238 g/mol. The minimum Gasteiger partial charge on any atom is -0.494 e. The van der Waals surface area contributed by atoms with Crippen LogP contribution in [0.15, 0.2) is 12.0 Å². The van der Waals surface area contributed by atoms with Crippen LogP contribution in [0, 0.1) is 5.92 Å². The van der Waals surface area contributed by atoms with Gasteiger partial charge in [0.05, 0.1) is 0 Å². The summed E-state index contributed by atoms with van der Waals surface area (Å²) in [6.45, 7) is 3.03. The van der Waals surface area contributed by atoms with Crippen LogP contribution in [0.1, 0.15) is 19.8 Å². The third-order valence-electron chi connectivity index (χ3n) is 3.31. The molecular formula is C12H17NO5. The summed E-state index contributed by atoms with van der Waals surface area (Å²) in [5.74, 6) is -1.31. The number of carboxylic acid groups (broad SMARTS) is 1. The summed E-state index contributed by atoms with van der Waals surface area (Å²) in [5.41, 5.74) is 0. The van der Waals surface area contributed by atoms with E-state index in [1.807, 2.05) is 6.92 Å². The van der Waals surface area contributed by atoms with E-state index in [9.17, 15) is 14.7 Å². The smallest absolute Gasteiger partial charge is 0.326 e. The highest BCUT2D eigenvalue weighted by atomic mass is 16.6. The molecule has 6 nitrogen and oxygen atoms in total. The fraction of sp³-hybridized carbons (Fsp3) is 0.667. The van der Waals surface area contributed by atoms with Gasteiger partial charge in [0.25, 0.3) is 5.91 Å². The van der Waals surface area contributed by atoms with E-state index in [1.165, 1.54) is 11.2 Å². The van der Waals surface area contributed by atoms with Crippen LogP contribution in [0.2, 0.25) is 0 Å². The highest BCUT2D eigenvalue weighted by Crippen LogP contribution is 2.25. The second kappa shape index (κ2) is 5.29. The predicted molar refractivity (Wildman–Crippen MR) is 61.5 cm³/mol. The molecule has 2 aliphatic rings. The minimum atomic E-state index is -0.965. The van der Waals surface area contributed by atoms with E-state index in [0.717, 1.165) is 12.8 Å². The van der Waals surface area contributed by atoms with Crippen molar-refractivity contribution < 1.29 is 24.2 Å². The minimum absolute atomic E-state index is 0.0506.